The standard InChI is InChI=1S/C11H16N4O4/c1-13-7-12-15(11(13)19)6-9(16)14-4-2-8(3-5-14)10(17)18/h7-8H,2-6H2,1H3,(H,17,18). The van der Waals surface area contributed by atoms with E-state index in [1.165, 1.54) is 10.9 Å². The van der Waals surface area contributed by atoms with Gasteiger partial charge in [-0.1, -0.05) is 0 Å². The smallest absolute Gasteiger partial charge is 0.345 e. The number of piperidine rings is 1. The molecule has 2 rings (SSSR count). The normalized spacial score (nSPS) is 16.6. The van der Waals surface area contributed by atoms with Crippen LogP contribution in [0.4, 0.5) is 0 Å². The number of hydrogen-bond acceptors (Lipinski definition) is 4. The molecular formula is C11H16N4O4. The predicted molar refractivity (Wildman–Crippen MR) is 64.4 cm³/mol. The van der Waals surface area contributed by atoms with Gasteiger partial charge in [0.1, 0.15) is 12.9 Å². The van der Waals surface area contributed by atoms with Gasteiger partial charge in [0.05, 0.1) is 5.92 Å². The topological polar surface area (TPSA) is 97.4 Å². The number of rotatable bonds is 3. The van der Waals surface area contributed by atoms with Gasteiger partial charge in [0.15, 0.2) is 0 Å². The van der Waals surface area contributed by atoms with Gasteiger partial charge in [0.25, 0.3) is 0 Å². The molecule has 8 heteroatoms. The molecule has 0 spiro atoms. The third-order valence-corrected chi connectivity index (χ3v) is 3.37. The Morgan fingerprint density at radius 1 is 1.42 bits per heavy atom. The molecular weight excluding hydrogens is 252 g/mol. The number of carbonyl (C=O) groups excluding carboxylic acids is 1. The SMILES string of the molecule is Cn1cnn(CC(=O)N2CCC(C(=O)O)CC2)c1=O. The van der Waals surface area contributed by atoms with Crippen LogP contribution >= 0.6 is 0 Å². The van der Waals surface area contributed by atoms with Crippen LogP contribution in [0.3, 0.4) is 0 Å². The molecule has 1 amide bonds. The summed E-state index contributed by atoms with van der Waals surface area (Å²) in [5.74, 6) is -1.39. The number of likely N-dealkylation sites (tertiary alicyclic amines) is 1. The van der Waals surface area contributed by atoms with Gasteiger partial charge < -0.3 is 10.0 Å². The number of carbonyl (C=O) groups is 2. The molecule has 1 saturated heterocycles. The van der Waals surface area contributed by atoms with Gasteiger partial charge in [-0.25, -0.2) is 9.48 Å². The van der Waals surface area contributed by atoms with Crippen molar-refractivity contribution in [1.29, 1.82) is 0 Å². The summed E-state index contributed by atoms with van der Waals surface area (Å²) in [7, 11) is 1.56. The first-order valence-electron chi connectivity index (χ1n) is 6.08. The molecule has 0 unspecified atom stereocenters. The minimum Gasteiger partial charge on any atom is -0.481 e. The molecule has 0 saturated carbocycles. The second kappa shape index (κ2) is 5.25. The number of carboxylic acid groups (broad SMARTS) is 1. The van der Waals surface area contributed by atoms with E-state index in [-0.39, 0.29) is 24.1 Å². The summed E-state index contributed by atoms with van der Waals surface area (Å²) in [6, 6.07) is 0. The third-order valence-electron chi connectivity index (χ3n) is 3.37. The highest BCUT2D eigenvalue weighted by Crippen LogP contribution is 2.17. The Morgan fingerprint density at radius 2 is 2.05 bits per heavy atom. The molecule has 1 aliphatic rings. The molecule has 0 atom stereocenters. The summed E-state index contributed by atoms with van der Waals surface area (Å²) in [4.78, 5) is 35.9. The van der Waals surface area contributed by atoms with Gasteiger partial charge >= 0.3 is 11.7 Å². The van der Waals surface area contributed by atoms with Crippen molar-refractivity contribution in [1.82, 2.24) is 19.2 Å². The largest absolute Gasteiger partial charge is 0.481 e. The van der Waals surface area contributed by atoms with E-state index in [2.05, 4.69) is 5.10 Å². The summed E-state index contributed by atoms with van der Waals surface area (Å²) < 4.78 is 2.40. The number of aryl methyl sites for hydroxylation is 1. The van der Waals surface area contributed by atoms with Gasteiger partial charge in [0, 0.05) is 20.1 Å². The lowest BCUT2D eigenvalue weighted by Crippen LogP contribution is -2.43. The Balaban J connectivity index is 1.93. The van der Waals surface area contributed by atoms with E-state index in [0.717, 1.165) is 4.68 Å². The molecule has 19 heavy (non-hydrogen) atoms. The summed E-state index contributed by atoms with van der Waals surface area (Å²) in [5, 5.41) is 12.7. The molecule has 1 aromatic rings. The molecule has 104 valence electrons. The van der Waals surface area contributed by atoms with Crippen LogP contribution in [0.15, 0.2) is 11.1 Å². The first kappa shape index (κ1) is 13.3. The van der Waals surface area contributed by atoms with Gasteiger partial charge in [-0.3, -0.25) is 14.2 Å². The number of nitrogens with zero attached hydrogens (tertiary/aromatic N) is 4. The van der Waals surface area contributed by atoms with Gasteiger partial charge in [0.2, 0.25) is 5.91 Å². The van der Waals surface area contributed by atoms with Crippen LogP contribution in [0.5, 0.6) is 0 Å². The van der Waals surface area contributed by atoms with E-state index >= 15 is 0 Å². The van der Waals surface area contributed by atoms with Crippen molar-refractivity contribution in [3.8, 4) is 0 Å². The zero-order chi connectivity index (χ0) is 14.0. The van der Waals surface area contributed by atoms with E-state index in [1.54, 1.807) is 11.9 Å². The second-order valence-corrected chi connectivity index (χ2v) is 4.68. The zero-order valence-corrected chi connectivity index (χ0v) is 10.7. The lowest BCUT2D eigenvalue weighted by molar-refractivity contribution is -0.145. The van der Waals surface area contributed by atoms with E-state index in [4.69, 9.17) is 5.11 Å². The second-order valence-electron chi connectivity index (χ2n) is 4.68. The monoisotopic (exact) mass is 268 g/mol. The lowest BCUT2D eigenvalue weighted by atomic mass is 9.97. The Bertz CT molecular complexity index is 539. The molecule has 1 N–H and O–H groups in total. The van der Waals surface area contributed by atoms with Crippen molar-refractivity contribution < 1.29 is 14.7 Å². The first-order valence-corrected chi connectivity index (χ1v) is 6.08. The third kappa shape index (κ3) is 2.83. The molecule has 0 bridgehead atoms. The summed E-state index contributed by atoms with van der Waals surface area (Å²) >= 11 is 0. The number of aliphatic carboxylic acids is 1. The van der Waals surface area contributed by atoms with Crippen LogP contribution in [0, 0.1) is 5.92 Å². The maximum absolute atomic E-state index is 12.0. The van der Waals surface area contributed by atoms with Crippen molar-refractivity contribution in [2.45, 2.75) is 19.4 Å². The molecule has 1 aromatic heterocycles. The number of hydrogen-bond donors (Lipinski definition) is 1. The van der Waals surface area contributed by atoms with Gasteiger partial charge in [-0.05, 0) is 12.8 Å². The van der Waals surface area contributed by atoms with E-state index in [9.17, 15) is 14.4 Å². The Kier molecular flexibility index (Phi) is 3.68. The first-order chi connectivity index (χ1) is 8.99. The predicted octanol–water partition coefficient (Wildman–Crippen LogP) is -1.09. The van der Waals surface area contributed by atoms with Gasteiger partial charge in [-0.15, -0.1) is 0 Å². The molecule has 1 fully saturated rings. The summed E-state index contributed by atoms with van der Waals surface area (Å²) in [5.41, 5.74) is -0.339. The van der Waals surface area contributed by atoms with Crippen LogP contribution in [-0.4, -0.2) is 49.3 Å². The number of amides is 1. The summed E-state index contributed by atoms with van der Waals surface area (Å²) in [6.45, 7) is 0.728. The highest BCUT2D eigenvalue weighted by atomic mass is 16.4. The van der Waals surface area contributed by atoms with Crippen molar-refractivity contribution in [3.63, 3.8) is 0 Å². The molecule has 2 heterocycles. The minimum absolute atomic E-state index is 0.0998. The lowest BCUT2D eigenvalue weighted by Gasteiger charge is -2.29. The Morgan fingerprint density at radius 3 is 2.53 bits per heavy atom. The fraction of sp³-hybridized carbons (Fsp3) is 0.636. The molecule has 0 aromatic carbocycles. The van der Waals surface area contributed by atoms with Crippen LogP contribution in [-0.2, 0) is 23.2 Å². The van der Waals surface area contributed by atoms with Crippen molar-refractivity contribution >= 4 is 11.9 Å². The van der Waals surface area contributed by atoms with Crippen molar-refractivity contribution in [2.75, 3.05) is 13.1 Å². The van der Waals surface area contributed by atoms with E-state index in [0.29, 0.717) is 25.9 Å². The average molecular weight is 268 g/mol. The summed E-state index contributed by atoms with van der Waals surface area (Å²) in [6.07, 6.45) is 2.27. The maximum Gasteiger partial charge on any atom is 0.345 e. The Hall–Kier alpha value is -2.12. The average Bonchev–Trinajstić information content (AvgIpc) is 2.71. The zero-order valence-electron chi connectivity index (χ0n) is 10.7. The fourth-order valence-corrected chi connectivity index (χ4v) is 2.13. The molecule has 8 nitrogen and oxygen atoms in total. The maximum atomic E-state index is 12.0. The molecule has 0 radical (unpaired) electrons. The molecule has 0 aliphatic carbocycles. The van der Waals surface area contributed by atoms with Crippen LogP contribution < -0.4 is 5.69 Å². The van der Waals surface area contributed by atoms with Crippen LogP contribution in [0.1, 0.15) is 12.8 Å². The molecule has 1 aliphatic heterocycles. The fourth-order valence-electron chi connectivity index (χ4n) is 2.13. The van der Waals surface area contributed by atoms with E-state index in [1.807, 2.05) is 0 Å². The van der Waals surface area contributed by atoms with Crippen molar-refractivity contribution in [2.24, 2.45) is 13.0 Å². The van der Waals surface area contributed by atoms with E-state index < -0.39 is 5.97 Å². The number of carboxylic acids is 1. The minimum atomic E-state index is -0.812. The van der Waals surface area contributed by atoms with Crippen molar-refractivity contribution in [3.05, 3.63) is 16.8 Å². The van der Waals surface area contributed by atoms with Crippen LogP contribution in [0.25, 0.3) is 0 Å². The Labute approximate surface area is 109 Å². The van der Waals surface area contributed by atoms with Gasteiger partial charge in [-0.2, -0.15) is 5.10 Å². The highest BCUT2D eigenvalue weighted by molar-refractivity contribution is 5.76. The number of aromatic nitrogens is 3. The quantitative estimate of drug-likeness (QED) is 0.751. The van der Waals surface area contributed by atoms with Crippen LogP contribution in [0.2, 0.25) is 0 Å². The highest BCUT2D eigenvalue weighted by Gasteiger charge is 2.27.